The van der Waals surface area contributed by atoms with Gasteiger partial charge in [0.1, 0.15) is 11.8 Å². The Morgan fingerprint density at radius 2 is 2.11 bits per heavy atom. The first-order chi connectivity index (χ1) is 9.22. The van der Waals surface area contributed by atoms with Crippen LogP contribution in [-0.2, 0) is 7.05 Å². The number of rotatable bonds is 2. The lowest BCUT2D eigenvalue weighted by Gasteiger charge is -2.26. The van der Waals surface area contributed by atoms with Crippen LogP contribution in [0.15, 0.2) is 12.7 Å². The predicted molar refractivity (Wildman–Crippen MR) is 70.6 cm³/mol. The van der Waals surface area contributed by atoms with Crippen molar-refractivity contribution in [2.24, 2.45) is 18.9 Å². The van der Waals surface area contributed by atoms with Gasteiger partial charge < -0.3 is 15.0 Å². The normalized spacial score (nSPS) is 33.2. The average molecular weight is 259 g/mol. The van der Waals surface area contributed by atoms with Gasteiger partial charge in [0.25, 0.3) is 0 Å². The Hall–Kier alpha value is -1.69. The van der Waals surface area contributed by atoms with Crippen LogP contribution in [0.4, 0.5) is 5.82 Å². The van der Waals surface area contributed by atoms with Crippen molar-refractivity contribution in [3.63, 3.8) is 0 Å². The third kappa shape index (κ3) is 1.63. The number of nitrogens with zero attached hydrogens (tertiary/aromatic N) is 4. The van der Waals surface area contributed by atoms with Crippen molar-refractivity contribution in [3.8, 4) is 0 Å². The molecule has 2 aromatic rings. The number of nitrogens with one attached hydrogen (secondary N) is 1. The van der Waals surface area contributed by atoms with E-state index in [1.165, 1.54) is 0 Å². The molecule has 2 aromatic heterocycles. The Morgan fingerprint density at radius 1 is 1.21 bits per heavy atom. The zero-order valence-electron chi connectivity index (χ0n) is 10.8. The maximum Gasteiger partial charge on any atom is 0.165 e. The van der Waals surface area contributed by atoms with Crippen molar-refractivity contribution in [2.75, 3.05) is 5.32 Å². The Morgan fingerprint density at radius 3 is 2.84 bits per heavy atom. The van der Waals surface area contributed by atoms with Crippen molar-refractivity contribution in [2.45, 2.75) is 31.4 Å². The van der Waals surface area contributed by atoms with Crippen molar-refractivity contribution in [1.82, 2.24) is 19.5 Å². The number of hydrogen-bond donors (Lipinski definition) is 2. The highest BCUT2D eigenvalue weighted by atomic mass is 16.3. The summed E-state index contributed by atoms with van der Waals surface area (Å²) in [6.07, 6.45) is 6.32. The van der Waals surface area contributed by atoms with Crippen LogP contribution in [0.2, 0.25) is 0 Å². The Labute approximate surface area is 110 Å². The van der Waals surface area contributed by atoms with Crippen LogP contribution >= 0.6 is 0 Å². The van der Waals surface area contributed by atoms with E-state index in [-0.39, 0.29) is 6.10 Å². The fraction of sp³-hybridized carbons (Fsp3) is 0.615. The van der Waals surface area contributed by atoms with E-state index in [9.17, 15) is 5.11 Å². The minimum Gasteiger partial charge on any atom is -0.393 e. The molecule has 0 radical (unpaired) electrons. The van der Waals surface area contributed by atoms with E-state index in [1.807, 2.05) is 11.6 Å². The van der Waals surface area contributed by atoms with Crippen LogP contribution in [0, 0.1) is 11.8 Å². The summed E-state index contributed by atoms with van der Waals surface area (Å²) in [5.41, 5.74) is 1.68. The lowest BCUT2D eigenvalue weighted by Crippen LogP contribution is -2.31. The molecule has 0 saturated heterocycles. The summed E-state index contributed by atoms with van der Waals surface area (Å²) in [7, 11) is 1.93. The molecule has 2 aliphatic carbocycles. The fourth-order valence-corrected chi connectivity index (χ4v) is 3.65. The van der Waals surface area contributed by atoms with Crippen molar-refractivity contribution in [3.05, 3.63) is 12.7 Å². The van der Waals surface area contributed by atoms with Crippen LogP contribution in [-0.4, -0.2) is 36.8 Å². The monoisotopic (exact) mass is 259 g/mol. The largest absolute Gasteiger partial charge is 0.393 e. The summed E-state index contributed by atoms with van der Waals surface area (Å²) in [5, 5.41) is 13.3. The summed E-state index contributed by atoms with van der Waals surface area (Å²) in [6, 6.07) is 0.411. The quantitative estimate of drug-likeness (QED) is 0.839. The fourth-order valence-electron chi connectivity index (χ4n) is 3.65. The number of hydrogen-bond acceptors (Lipinski definition) is 5. The average Bonchev–Trinajstić information content (AvgIpc) is 3.05. The van der Waals surface area contributed by atoms with Crippen LogP contribution in [0.3, 0.4) is 0 Å². The van der Waals surface area contributed by atoms with Gasteiger partial charge in [0.2, 0.25) is 0 Å². The van der Waals surface area contributed by atoms with Gasteiger partial charge in [0.05, 0.1) is 12.4 Å². The number of aromatic nitrogens is 4. The van der Waals surface area contributed by atoms with Gasteiger partial charge in [-0.15, -0.1) is 0 Å². The number of imidazole rings is 1. The van der Waals surface area contributed by atoms with Crippen LogP contribution in [0.5, 0.6) is 0 Å². The summed E-state index contributed by atoms with van der Waals surface area (Å²) >= 11 is 0. The highest BCUT2D eigenvalue weighted by Gasteiger charge is 2.45. The maximum atomic E-state index is 9.81. The number of fused-ring (bicyclic) bond motifs is 3. The van der Waals surface area contributed by atoms with E-state index < -0.39 is 0 Å². The minimum atomic E-state index is -0.0941. The molecule has 0 aromatic carbocycles. The van der Waals surface area contributed by atoms with Crippen molar-refractivity contribution in [1.29, 1.82) is 0 Å². The number of aliphatic hydroxyl groups is 1. The minimum absolute atomic E-state index is 0.0941. The highest BCUT2D eigenvalue weighted by Crippen LogP contribution is 2.45. The van der Waals surface area contributed by atoms with Gasteiger partial charge in [-0.05, 0) is 31.1 Å². The molecule has 2 heterocycles. The molecule has 4 rings (SSSR count). The molecule has 2 fully saturated rings. The smallest absolute Gasteiger partial charge is 0.165 e. The SMILES string of the molecule is Cn1cnc2c(N[C@H]3C[C@@H]4C[C@H]3C[C@@H]4O)ncnc21. The molecule has 0 aliphatic heterocycles. The van der Waals surface area contributed by atoms with Gasteiger partial charge in [-0.3, -0.25) is 0 Å². The molecule has 2 aliphatic rings. The topological polar surface area (TPSA) is 75.9 Å². The van der Waals surface area contributed by atoms with E-state index in [0.717, 1.165) is 36.2 Å². The molecular formula is C13H17N5O. The zero-order chi connectivity index (χ0) is 13.0. The van der Waals surface area contributed by atoms with Crippen molar-refractivity contribution >= 4 is 17.0 Å². The van der Waals surface area contributed by atoms with E-state index in [2.05, 4.69) is 20.3 Å². The van der Waals surface area contributed by atoms with Crippen LogP contribution in [0.25, 0.3) is 11.2 Å². The van der Waals surface area contributed by atoms with E-state index >= 15 is 0 Å². The molecule has 100 valence electrons. The molecule has 0 amide bonds. The van der Waals surface area contributed by atoms with Gasteiger partial charge in [0, 0.05) is 13.1 Å². The maximum absolute atomic E-state index is 9.81. The first-order valence-corrected chi connectivity index (χ1v) is 6.79. The zero-order valence-corrected chi connectivity index (χ0v) is 10.8. The standard InChI is InChI=1S/C13H17N5O/c1-18-6-16-11-12(14-5-15-13(11)18)17-9-3-8-2-7(9)4-10(8)19/h5-10,19H,2-4H2,1H3,(H,14,15,17)/t7-,8-,9-,10-/m0/s1. The van der Waals surface area contributed by atoms with Gasteiger partial charge >= 0.3 is 0 Å². The van der Waals surface area contributed by atoms with Gasteiger partial charge in [-0.1, -0.05) is 0 Å². The molecule has 2 saturated carbocycles. The third-order valence-corrected chi connectivity index (χ3v) is 4.64. The predicted octanol–water partition coefficient (Wildman–Crippen LogP) is 0.935. The summed E-state index contributed by atoms with van der Waals surface area (Å²) in [6.45, 7) is 0. The van der Waals surface area contributed by atoms with E-state index in [0.29, 0.717) is 17.9 Å². The molecule has 4 atom stereocenters. The molecule has 6 nitrogen and oxygen atoms in total. The summed E-state index contributed by atoms with van der Waals surface area (Å²) < 4.78 is 1.90. The second-order valence-corrected chi connectivity index (χ2v) is 5.80. The van der Waals surface area contributed by atoms with Gasteiger partial charge in [-0.25, -0.2) is 15.0 Å². The first kappa shape index (κ1) is 11.2. The van der Waals surface area contributed by atoms with Crippen LogP contribution < -0.4 is 5.32 Å². The summed E-state index contributed by atoms with van der Waals surface area (Å²) in [4.78, 5) is 12.9. The van der Waals surface area contributed by atoms with Crippen molar-refractivity contribution < 1.29 is 5.11 Å². The second kappa shape index (κ2) is 3.90. The van der Waals surface area contributed by atoms with E-state index in [4.69, 9.17) is 0 Å². The Kier molecular flexibility index (Phi) is 2.29. The second-order valence-electron chi connectivity index (χ2n) is 5.80. The third-order valence-electron chi connectivity index (χ3n) is 4.64. The Balaban J connectivity index is 1.63. The highest BCUT2D eigenvalue weighted by molar-refractivity contribution is 5.82. The Bertz CT molecular complexity index is 623. The van der Waals surface area contributed by atoms with Gasteiger partial charge in [-0.2, -0.15) is 0 Å². The first-order valence-electron chi connectivity index (χ1n) is 6.79. The molecule has 19 heavy (non-hydrogen) atoms. The van der Waals surface area contributed by atoms with Crippen LogP contribution in [0.1, 0.15) is 19.3 Å². The molecule has 2 N–H and O–H groups in total. The molecule has 2 bridgehead atoms. The molecule has 6 heteroatoms. The molecule has 0 unspecified atom stereocenters. The lowest BCUT2D eigenvalue weighted by atomic mass is 9.93. The number of aliphatic hydroxyl groups excluding tert-OH is 1. The van der Waals surface area contributed by atoms with E-state index in [1.54, 1.807) is 12.7 Å². The number of aryl methyl sites for hydroxylation is 1. The molecule has 0 spiro atoms. The number of anilines is 1. The van der Waals surface area contributed by atoms with Gasteiger partial charge in [0.15, 0.2) is 11.5 Å². The summed E-state index contributed by atoms with van der Waals surface area (Å²) in [5.74, 6) is 1.84. The molecular weight excluding hydrogens is 242 g/mol. The lowest BCUT2D eigenvalue weighted by molar-refractivity contribution is 0.110.